The molecule has 0 aliphatic heterocycles. The minimum Gasteiger partial charge on any atom is -0.396 e. The van der Waals surface area contributed by atoms with Gasteiger partial charge in [0, 0.05) is 12.2 Å². The van der Waals surface area contributed by atoms with Gasteiger partial charge in [-0.3, -0.25) is 0 Å². The van der Waals surface area contributed by atoms with E-state index in [2.05, 4.69) is 0 Å². The van der Waals surface area contributed by atoms with E-state index < -0.39 is 39.9 Å². The number of halogens is 3. The van der Waals surface area contributed by atoms with E-state index in [0.29, 0.717) is 0 Å². The number of alkyl halides is 3. The summed E-state index contributed by atoms with van der Waals surface area (Å²) < 4.78 is 60.5. The highest BCUT2D eigenvalue weighted by atomic mass is 32.2. The van der Waals surface area contributed by atoms with Crippen LogP contribution in [-0.4, -0.2) is 32.1 Å². The lowest BCUT2D eigenvalue weighted by atomic mass is 9.96. The second-order valence-electron chi connectivity index (χ2n) is 4.06. The number of sulfone groups is 1. The fraction of sp³-hybridized carbons (Fsp3) is 0.455. The van der Waals surface area contributed by atoms with Crippen LogP contribution in [0.4, 0.5) is 13.2 Å². The van der Waals surface area contributed by atoms with Crippen LogP contribution in [0.5, 0.6) is 0 Å². The summed E-state index contributed by atoms with van der Waals surface area (Å²) in [5, 5.41) is 9.10. The zero-order valence-electron chi connectivity index (χ0n) is 9.61. The van der Waals surface area contributed by atoms with Gasteiger partial charge in [0.15, 0.2) is 0 Å². The number of benzene rings is 1. The molecule has 0 aliphatic carbocycles. The molecule has 0 fully saturated rings. The molecule has 0 amide bonds. The lowest BCUT2D eigenvalue weighted by Gasteiger charge is -2.19. The predicted octanol–water partition coefficient (Wildman–Crippen LogP) is 1.83. The zero-order chi connectivity index (χ0) is 14.0. The molecule has 0 aromatic heterocycles. The van der Waals surface area contributed by atoms with Gasteiger partial charge in [-0.1, -0.05) is 18.2 Å². The van der Waals surface area contributed by atoms with E-state index >= 15 is 0 Å². The molecule has 3 nitrogen and oxygen atoms in total. The summed E-state index contributed by atoms with van der Waals surface area (Å²) in [6, 6.07) is 4.67. The second-order valence-corrected chi connectivity index (χ2v) is 6.24. The van der Waals surface area contributed by atoms with Gasteiger partial charge >= 0.3 is 6.18 Å². The van der Waals surface area contributed by atoms with Crippen LogP contribution in [0.2, 0.25) is 0 Å². The molecule has 0 saturated heterocycles. The Bertz CT molecular complexity index is 509. The van der Waals surface area contributed by atoms with Crippen molar-refractivity contribution in [3.63, 3.8) is 0 Å². The molecule has 1 aromatic rings. The normalized spacial score (nSPS) is 14.5. The summed E-state index contributed by atoms with van der Waals surface area (Å²) in [6.07, 6.45) is -3.65. The highest BCUT2D eigenvalue weighted by Crippen LogP contribution is 2.35. The third-order valence-electron chi connectivity index (χ3n) is 2.43. The van der Waals surface area contributed by atoms with Crippen molar-refractivity contribution in [3.05, 3.63) is 35.4 Å². The second kappa shape index (κ2) is 5.27. The van der Waals surface area contributed by atoms with Gasteiger partial charge in [-0.25, -0.2) is 8.42 Å². The van der Waals surface area contributed by atoms with E-state index in [-0.39, 0.29) is 5.56 Å². The minimum atomic E-state index is -4.57. The maximum Gasteiger partial charge on any atom is 0.416 e. The van der Waals surface area contributed by atoms with E-state index in [1.807, 2.05) is 0 Å². The number of aliphatic hydroxyl groups excluding tert-OH is 1. The van der Waals surface area contributed by atoms with E-state index in [0.717, 1.165) is 12.3 Å². The fourth-order valence-corrected chi connectivity index (χ4v) is 2.73. The first-order valence-electron chi connectivity index (χ1n) is 5.10. The molecule has 1 N–H and O–H groups in total. The lowest BCUT2D eigenvalue weighted by Crippen LogP contribution is -2.20. The van der Waals surface area contributed by atoms with Gasteiger partial charge in [0.05, 0.1) is 17.9 Å². The molecule has 1 unspecified atom stereocenters. The molecule has 1 rings (SSSR count). The molecule has 0 spiro atoms. The molecule has 102 valence electrons. The van der Waals surface area contributed by atoms with Gasteiger partial charge < -0.3 is 5.11 Å². The summed E-state index contributed by atoms with van der Waals surface area (Å²) in [7, 11) is -3.47. The van der Waals surface area contributed by atoms with Crippen molar-refractivity contribution in [1.29, 1.82) is 0 Å². The van der Waals surface area contributed by atoms with Gasteiger partial charge in [0.1, 0.15) is 9.84 Å². The Morgan fingerprint density at radius 3 is 2.28 bits per heavy atom. The average molecular weight is 282 g/mol. The largest absolute Gasteiger partial charge is 0.416 e. The Labute approximate surface area is 103 Å². The van der Waals surface area contributed by atoms with Crippen molar-refractivity contribution in [2.75, 3.05) is 18.6 Å². The Balaban J connectivity index is 3.22. The van der Waals surface area contributed by atoms with Crippen molar-refractivity contribution in [1.82, 2.24) is 0 Å². The summed E-state index contributed by atoms with van der Waals surface area (Å²) in [5.41, 5.74) is -1.11. The average Bonchev–Trinajstić information content (AvgIpc) is 2.23. The van der Waals surface area contributed by atoms with Crippen LogP contribution in [-0.2, 0) is 16.0 Å². The van der Waals surface area contributed by atoms with Crippen LogP contribution in [0.15, 0.2) is 24.3 Å². The van der Waals surface area contributed by atoms with E-state index in [4.69, 9.17) is 5.11 Å². The molecule has 1 atom stereocenters. The molecular formula is C11H13F3O3S. The summed E-state index contributed by atoms with van der Waals surface area (Å²) in [4.78, 5) is 0. The van der Waals surface area contributed by atoms with Crippen molar-refractivity contribution in [2.45, 2.75) is 12.1 Å². The maximum atomic E-state index is 12.7. The number of aliphatic hydroxyl groups is 1. The molecular weight excluding hydrogens is 269 g/mol. The van der Waals surface area contributed by atoms with Crippen molar-refractivity contribution < 1.29 is 26.7 Å². The van der Waals surface area contributed by atoms with Gasteiger partial charge in [-0.2, -0.15) is 13.2 Å². The molecule has 0 radical (unpaired) electrons. The van der Waals surface area contributed by atoms with Gasteiger partial charge in [0.2, 0.25) is 0 Å². The highest BCUT2D eigenvalue weighted by Gasteiger charge is 2.35. The number of hydrogen-bond donors (Lipinski definition) is 1. The molecule has 1 aromatic carbocycles. The molecule has 0 heterocycles. The summed E-state index contributed by atoms with van der Waals surface area (Å²) >= 11 is 0. The predicted molar refractivity (Wildman–Crippen MR) is 61.0 cm³/mol. The van der Waals surface area contributed by atoms with Crippen LogP contribution in [0.25, 0.3) is 0 Å². The third-order valence-corrected chi connectivity index (χ3v) is 3.44. The minimum absolute atomic E-state index is 0.196. The first-order chi connectivity index (χ1) is 8.15. The Morgan fingerprint density at radius 1 is 1.28 bits per heavy atom. The van der Waals surface area contributed by atoms with Crippen LogP contribution >= 0.6 is 0 Å². The Morgan fingerprint density at radius 2 is 1.83 bits per heavy atom. The first-order valence-corrected chi connectivity index (χ1v) is 7.16. The third kappa shape index (κ3) is 3.99. The van der Waals surface area contributed by atoms with Crippen molar-refractivity contribution in [3.8, 4) is 0 Å². The highest BCUT2D eigenvalue weighted by molar-refractivity contribution is 7.90. The smallest absolute Gasteiger partial charge is 0.396 e. The first kappa shape index (κ1) is 15.0. The standard InChI is InChI=1S/C11H13F3O3S/c1-18(16,17)7-8(6-15)9-4-2-3-5-10(9)11(12,13)14/h2-5,8,15H,6-7H2,1H3. The van der Waals surface area contributed by atoms with E-state index in [1.165, 1.54) is 18.2 Å². The van der Waals surface area contributed by atoms with Gasteiger partial charge in [0.25, 0.3) is 0 Å². The molecule has 0 aliphatic rings. The van der Waals surface area contributed by atoms with Crippen LogP contribution in [0, 0.1) is 0 Å². The van der Waals surface area contributed by atoms with Crippen LogP contribution in [0.3, 0.4) is 0 Å². The van der Waals surface area contributed by atoms with Crippen molar-refractivity contribution in [2.24, 2.45) is 0 Å². The van der Waals surface area contributed by atoms with Gasteiger partial charge in [-0.15, -0.1) is 0 Å². The number of rotatable bonds is 4. The lowest BCUT2D eigenvalue weighted by molar-refractivity contribution is -0.138. The Kier molecular flexibility index (Phi) is 4.39. The zero-order valence-corrected chi connectivity index (χ0v) is 10.4. The number of hydrogen-bond acceptors (Lipinski definition) is 3. The van der Waals surface area contributed by atoms with Crippen molar-refractivity contribution >= 4 is 9.84 Å². The summed E-state index contributed by atoms with van der Waals surface area (Å²) in [5.74, 6) is -1.59. The van der Waals surface area contributed by atoms with Gasteiger partial charge in [-0.05, 0) is 11.6 Å². The quantitative estimate of drug-likeness (QED) is 0.916. The summed E-state index contributed by atoms with van der Waals surface area (Å²) in [6.45, 7) is -0.653. The molecule has 7 heteroatoms. The van der Waals surface area contributed by atoms with E-state index in [9.17, 15) is 21.6 Å². The maximum absolute atomic E-state index is 12.7. The topological polar surface area (TPSA) is 54.4 Å². The molecule has 0 saturated carbocycles. The SMILES string of the molecule is CS(=O)(=O)CC(CO)c1ccccc1C(F)(F)F. The Hall–Kier alpha value is -1.08. The monoisotopic (exact) mass is 282 g/mol. The van der Waals surface area contributed by atoms with Crippen LogP contribution in [0.1, 0.15) is 17.0 Å². The molecule has 0 bridgehead atoms. The van der Waals surface area contributed by atoms with E-state index in [1.54, 1.807) is 0 Å². The fourth-order valence-electron chi connectivity index (χ4n) is 1.72. The van der Waals surface area contributed by atoms with Crippen LogP contribution < -0.4 is 0 Å². The molecule has 18 heavy (non-hydrogen) atoms.